The van der Waals surface area contributed by atoms with E-state index in [9.17, 15) is 35.9 Å². The van der Waals surface area contributed by atoms with Crippen LogP contribution in [0.3, 0.4) is 0 Å². The Morgan fingerprint density at radius 3 is 2.27 bits per heavy atom. The van der Waals surface area contributed by atoms with Crippen molar-refractivity contribution >= 4 is 34.8 Å². The maximum absolute atomic E-state index is 13.0. The minimum absolute atomic E-state index is 0.0108. The van der Waals surface area contributed by atoms with E-state index in [4.69, 9.17) is 16.3 Å². The third-order valence-electron chi connectivity index (χ3n) is 4.44. The summed E-state index contributed by atoms with van der Waals surface area (Å²) in [4.78, 5) is 28.3. The van der Waals surface area contributed by atoms with E-state index in [1.807, 2.05) is 0 Å². The summed E-state index contributed by atoms with van der Waals surface area (Å²) in [5, 5.41) is 6.31. The molecule has 2 amide bonds. The molecule has 0 bridgehead atoms. The van der Waals surface area contributed by atoms with Crippen molar-refractivity contribution in [2.45, 2.75) is 25.6 Å². The van der Waals surface area contributed by atoms with E-state index < -0.39 is 47.3 Å². The number of ether oxygens (including phenoxy) is 2. The second kappa shape index (κ2) is 11.7. The van der Waals surface area contributed by atoms with Gasteiger partial charge in [-0.1, -0.05) is 17.7 Å². The maximum atomic E-state index is 13.0. The van der Waals surface area contributed by atoms with Crippen LogP contribution in [0, 0.1) is 0 Å². The first-order chi connectivity index (χ1) is 17.3. The molecule has 37 heavy (non-hydrogen) atoms. The number of alkyl halides is 6. The van der Waals surface area contributed by atoms with Crippen molar-refractivity contribution in [3.05, 3.63) is 74.7 Å². The molecule has 0 aliphatic carbocycles. The van der Waals surface area contributed by atoms with Crippen molar-refractivity contribution < 1.29 is 45.4 Å². The summed E-state index contributed by atoms with van der Waals surface area (Å²) in [6, 6.07) is 7.76. The smallest absolute Gasteiger partial charge is 0.484 e. The molecular weight excluding hydrogens is 552 g/mol. The van der Waals surface area contributed by atoms with Crippen LogP contribution in [0.5, 0.6) is 11.5 Å². The Bertz CT molecular complexity index is 1250. The standard InChI is InChI=1S/C22H16ClF6N3O4S/c23-16-6-1-12(7-15(16)21(24,25)26)8-31-20(34)17-11-37-19(32-17)9-30-18(33)10-35-13-2-4-14(5-3-13)36-22(27,28)29/h1-7,11H,8-10H2,(H,30,33)(H,31,34). The fraction of sp³-hybridized carbons (Fsp3) is 0.227. The molecule has 15 heteroatoms. The number of aromatic nitrogens is 1. The first-order valence-electron chi connectivity index (χ1n) is 10.1. The van der Waals surface area contributed by atoms with Gasteiger partial charge in [0.05, 0.1) is 17.1 Å². The predicted molar refractivity (Wildman–Crippen MR) is 120 cm³/mol. The molecule has 1 heterocycles. The Labute approximate surface area is 214 Å². The van der Waals surface area contributed by atoms with E-state index in [-0.39, 0.29) is 30.1 Å². The Hall–Kier alpha value is -3.52. The second-order valence-corrected chi connectivity index (χ2v) is 8.56. The largest absolute Gasteiger partial charge is 0.573 e. The Balaban J connectivity index is 1.44. The van der Waals surface area contributed by atoms with Crippen LogP contribution in [0.2, 0.25) is 5.02 Å². The monoisotopic (exact) mass is 567 g/mol. The molecule has 0 aliphatic rings. The quantitative estimate of drug-likeness (QED) is 0.341. The minimum atomic E-state index is -4.82. The molecule has 0 unspecified atom stereocenters. The molecule has 198 valence electrons. The highest BCUT2D eigenvalue weighted by atomic mass is 35.5. The fourth-order valence-corrected chi connectivity index (χ4v) is 3.72. The number of carbonyl (C=O) groups excluding carboxylic acids is 2. The van der Waals surface area contributed by atoms with Crippen LogP contribution in [0.4, 0.5) is 26.3 Å². The number of carbonyl (C=O) groups is 2. The van der Waals surface area contributed by atoms with Gasteiger partial charge in [-0.3, -0.25) is 9.59 Å². The Morgan fingerprint density at radius 1 is 0.946 bits per heavy atom. The highest BCUT2D eigenvalue weighted by Crippen LogP contribution is 2.35. The lowest BCUT2D eigenvalue weighted by Gasteiger charge is -2.11. The van der Waals surface area contributed by atoms with Crippen LogP contribution >= 0.6 is 22.9 Å². The van der Waals surface area contributed by atoms with E-state index in [1.165, 1.54) is 23.6 Å². The van der Waals surface area contributed by atoms with Gasteiger partial charge in [0.25, 0.3) is 11.8 Å². The SMILES string of the molecule is O=C(COc1ccc(OC(F)(F)F)cc1)NCc1nc(C(=O)NCc2ccc(Cl)c(C(F)(F)F)c2)cs1. The van der Waals surface area contributed by atoms with E-state index in [2.05, 4.69) is 20.4 Å². The molecule has 0 spiro atoms. The zero-order valence-electron chi connectivity index (χ0n) is 18.4. The highest BCUT2D eigenvalue weighted by Gasteiger charge is 2.33. The van der Waals surface area contributed by atoms with Crippen LogP contribution in [-0.2, 0) is 24.1 Å². The number of rotatable bonds is 9. The summed E-state index contributed by atoms with van der Waals surface area (Å²) < 4.78 is 84.3. The van der Waals surface area contributed by atoms with E-state index in [0.29, 0.717) is 5.01 Å². The number of halogens is 7. The summed E-state index contributed by atoms with van der Waals surface area (Å²) in [5.74, 6) is -1.48. The van der Waals surface area contributed by atoms with Crippen molar-refractivity contribution in [2.24, 2.45) is 0 Å². The molecule has 1 aromatic heterocycles. The molecule has 0 saturated heterocycles. The van der Waals surface area contributed by atoms with Crippen LogP contribution in [0.15, 0.2) is 47.8 Å². The molecule has 3 rings (SSSR count). The number of hydrogen-bond donors (Lipinski definition) is 2. The van der Waals surface area contributed by atoms with Gasteiger partial charge in [0, 0.05) is 11.9 Å². The average Bonchev–Trinajstić information content (AvgIpc) is 3.29. The van der Waals surface area contributed by atoms with Gasteiger partial charge in [-0.05, 0) is 42.0 Å². The summed E-state index contributed by atoms with van der Waals surface area (Å²) in [6.07, 6.45) is -9.46. The fourth-order valence-electron chi connectivity index (χ4n) is 2.78. The van der Waals surface area contributed by atoms with Gasteiger partial charge >= 0.3 is 12.5 Å². The van der Waals surface area contributed by atoms with Crippen LogP contribution in [-0.4, -0.2) is 29.8 Å². The molecular formula is C22H16ClF6N3O4S. The lowest BCUT2D eigenvalue weighted by molar-refractivity contribution is -0.274. The summed E-state index contributed by atoms with van der Waals surface area (Å²) in [5.41, 5.74) is -0.809. The number of amides is 2. The van der Waals surface area contributed by atoms with E-state index in [1.54, 1.807) is 0 Å². The predicted octanol–water partition coefficient (Wildman–Crippen LogP) is 5.34. The van der Waals surface area contributed by atoms with Gasteiger partial charge in [-0.2, -0.15) is 13.2 Å². The molecule has 0 atom stereocenters. The number of hydrogen-bond acceptors (Lipinski definition) is 6. The molecule has 7 nitrogen and oxygen atoms in total. The first-order valence-corrected chi connectivity index (χ1v) is 11.4. The van der Waals surface area contributed by atoms with Gasteiger partial charge in [0.1, 0.15) is 22.2 Å². The number of thiazole rings is 1. The van der Waals surface area contributed by atoms with Crippen molar-refractivity contribution in [3.8, 4) is 11.5 Å². The topological polar surface area (TPSA) is 89.6 Å². The van der Waals surface area contributed by atoms with Gasteiger partial charge < -0.3 is 20.1 Å². The highest BCUT2D eigenvalue weighted by molar-refractivity contribution is 7.09. The lowest BCUT2D eigenvalue weighted by atomic mass is 10.1. The van der Waals surface area contributed by atoms with Crippen LogP contribution < -0.4 is 20.1 Å². The van der Waals surface area contributed by atoms with Crippen LogP contribution in [0.1, 0.15) is 26.6 Å². The zero-order chi connectivity index (χ0) is 27.2. The van der Waals surface area contributed by atoms with Gasteiger partial charge in [-0.15, -0.1) is 24.5 Å². The van der Waals surface area contributed by atoms with Crippen molar-refractivity contribution in [2.75, 3.05) is 6.61 Å². The average molecular weight is 568 g/mol. The number of nitrogens with zero attached hydrogens (tertiary/aromatic N) is 1. The summed E-state index contributed by atoms with van der Waals surface area (Å²) in [7, 11) is 0. The molecule has 3 aromatic rings. The van der Waals surface area contributed by atoms with E-state index in [0.717, 1.165) is 35.6 Å². The Morgan fingerprint density at radius 2 is 1.62 bits per heavy atom. The van der Waals surface area contributed by atoms with Gasteiger partial charge in [0.15, 0.2) is 6.61 Å². The third kappa shape index (κ3) is 8.82. The van der Waals surface area contributed by atoms with Gasteiger partial charge in [-0.25, -0.2) is 4.98 Å². The minimum Gasteiger partial charge on any atom is -0.484 e. The van der Waals surface area contributed by atoms with Crippen LogP contribution in [0.25, 0.3) is 0 Å². The van der Waals surface area contributed by atoms with E-state index >= 15 is 0 Å². The first kappa shape index (κ1) is 28.1. The Kier molecular flexibility index (Phi) is 8.86. The molecule has 0 fully saturated rings. The maximum Gasteiger partial charge on any atom is 0.573 e. The summed E-state index contributed by atoms with van der Waals surface area (Å²) in [6.45, 7) is -0.660. The second-order valence-electron chi connectivity index (χ2n) is 7.21. The molecule has 2 aromatic carbocycles. The summed E-state index contributed by atoms with van der Waals surface area (Å²) >= 11 is 6.65. The molecule has 0 radical (unpaired) electrons. The zero-order valence-corrected chi connectivity index (χ0v) is 19.9. The van der Waals surface area contributed by atoms with Crippen molar-refractivity contribution in [1.29, 1.82) is 0 Å². The molecule has 0 saturated carbocycles. The number of benzene rings is 2. The third-order valence-corrected chi connectivity index (χ3v) is 5.62. The normalized spacial score (nSPS) is 11.6. The van der Waals surface area contributed by atoms with Crippen molar-refractivity contribution in [3.63, 3.8) is 0 Å². The number of nitrogens with one attached hydrogen (secondary N) is 2. The molecule has 2 N–H and O–H groups in total. The molecule has 0 aliphatic heterocycles. The van der Waals surface area contributed by atoms with Crippen molar-refractivity contribution in [1.82, 2.24) is 15.6 Å². The van der Waals surface area contributed by atoms with Gasteiger partial charge in [0.2, 0.25) is 0 Å². The lowest BCUT2D eigenvalue weighted by Crippen LogP contribution is -2.28.